The Balaban J connectivity index is 1.47. The first kappa shape index (κ1) is 43.4. The van der Waals surface area contributed by atoms with Gasteiger partial charge in [0.2, 0.25) is 0 Å². The van der Waals surface area contributed by atoms with Crippen LogP contribution in [0, 0.1) is 0 Å². The smallest absolute Gasteiger partial charge is 0.303 e. The summed E-state index contributed by atoms with van der Waals surface area (Å²) in [7, 11) is 1.35. The highest BCUT2D eigenvalue weighted by Gasteiger charge is 2.54. The summed E-state index contributed by atoms with van der Waals surface area (Å²) >= 11 is 0. The van der Waals surface area contributed by atoms with Crippen LogP contribution in [0.5, 0.6) is 0 Å². The molecule has 0 radical (unpaired) electrons. The van der Waals surface area contributed by atoms with Gasteiger partial charge in [-0.15, -0.1) is 0 Å². The van der Waals surface area contributed by atoms with Crippen molar-refractivity contribution in [2.45, 2.75) is 122 Å². The molecule has 2 heterocycles. The SMILES string of the molecule is CO[C@H]1O[C@H](CC[C@H]2O[C@H](COCc3ccccc3)[C@@H](OCc3ccccc3)[C@H](OCc3ccccc3)[C@H]2OC(C)=O)[C@@H](OC(C)=O)[C@H](OC(C)=O)[C@H]1OC(C)=O. The number of rotatable bonds is 18. The lowest BCUT2D eigenvalue weighted by molar-refractivity contribution is -0.301. The Morgan fingerprint density at radius 3 is 1.35 bits per heavy atom. The number of esters is 4. The number of benzene rings is 3. The van der Waals surface area contributed by atoms with Gasteiger partial charge in [0, 0.05) is 34.8 Å². The summed E-state index contributed by atoms with van der Waals surface area (Å²) in [6.45, 7) is 5.69. The fraction of sp³-hybridized carbons (Fsp3) is 0.488. The molecule has 57 heavy (non-hydrogen) atoms. The highest BCUT2D eigenvalue weighted by atomic mass is 16.7. The normalized spacial score (nSPS) is 27.2. The monoisotopic (exact) mass is 792 g/mol. The lowest BCUT2D eigenvalue weighted by Gasteiger charge is -2.47. The van der Waals surface area contributed by atoms with Gasteiger partial charge < -0.3 is 47.4 Å². The van der Waals surface area contributed by atoms with Gasteiger partial charge in [0.15, 0.2) is 30.7 Å². The highest BCUT2D eigenvalue weighted by molar-refractivity contribution is 5.68. The Kier molecular flexibility index (Phi) is 16.5. The molecule has 10 atom stereocenters. The first-order valence-electron chi connectivity index (χ1n) is 19.0. The number of ether oxygens (including phenoxy) is 10. The van der Waals surface area contributed by atoms with Crippen LogP contribution in [0.15, 0.2) is 91.0 Å². The van der Waals surface area contributed by atoms with E-state index in [9.17, 15) is 19.2 Å². The second-order valence-corrected chi connectivity index (χ2v) is 13.9. The third-order valence-corrected chi connectivity index (χ3v) is 9.46. The van der Waals surface area contributed by atoms with E-state index in [2.05, 4.69) is 0 Å². The molecule has 0 spiro atoms. The van der Waals surface area contributed by atoms with Crippen LogP contribution in [0.2, 0.25) is 0 Å². The molecular weight excluding hydrogens is 740 g/mol. The fourth-order valence-corrected chi connectivity index (χ4v) is 7.09. The Morgan fingerprint density at radius 2 is 0.877 bits per heavy atom. The summed E-state index contributed by atoms with van der Waals surface area (Å²) in [5.74, 6) is -2.63. The number of hydrogen-bond acceptors (Lipinski definition) is 14. The maximum atomic E-state index is 12.8. The summed E-state index contributed by atoms with van der Waals surface area (Å²) < 4.78 is 60.9. The first-order chi connectivity index (χ1) is 27.5. The predicted molar refractivity (Wildman–Crippen MR) is 202 cm³/mol. The van der Waals surface area contributed by atoms with E-state index in [-0.39, 0.29) is 32.7 Å². The van der Waals surface area contributed by atoms with Gasteiger partial charge in [-0.05, 0) is 29.5 Å². The van der Waals surface area contributed by atoms with Crippen molar-refractivity contribution in [1.82, 2.24) is 0 Å². The molecule has 308 valence electrons. The van der Waals surface area contributed by atoms with Crippen molar-refractivity contribution in [1.29, 1.82) is 0 Å². The molecule has 14 nitrogen and oxygen atoms in total. The molecule has 2 aliphatic heterocycles. The van der Waals surface area contributed by atoms with E-state index in [4.69, 9.17) is 47.4 Å². The Labute approximate surface area is 332 Å². The number of hydrogen-bond donors (Lipinski definition) is 0. The second-order valence-electron chi connectivity index (χ2n) is 13.9. The van der Waals surface area contributed by atoms with E-state index in [1.807, 2.05) is 91.0 Å². The quantitative estimate of drug-likeness (QED) is 0.125. The van der Waals surface area contributed by atoms with Crippen LogP contribution >= 0.6 is 0 Å². The lowest BCUT2D eigenvalue weighted by atomic mass is 9.89. The number of carbonyl (C=O) groups excluding carboxylic acids is 4. The van der Waals surface area contributed by atoms with Crippen LogP contribution in [0.1, 0.15) is 57.2 Å². The first-order valence-corrected chi connectivity index (χ1v) is 19.0. The summed E-state index contributed by atoms with van der Waals surface area (Å²) in [4.78, 5) is 49.7. The molecular formula is C43H52O14. The molecule has 0 unspecified atom stereocenters. The standard InChI is InChI=1S/C43H52O14/c1-27(44)52-38-34(21-22-35-39(53-28(2)45)41(54-29(3)46)42(55-30(4)47)43(48-5)57-35)56-36(26-49-23-31-15-9-6-10-16-31)37(50-24-32-17-11-7-12-18-32)40(38)51-25-33-19-13-8-14-20-33/h6-20,34-43H,21-26H2,1-5H3/t34-,35-,36-,37-,38+,39-,40+,41+,42-,43+/m1/s1. The van der Waals surface area contributed by atoms with E-state index in [1.54, 1.807) is 0 Å². The van der Waals surface area contributed by atoms with Crippen LogP contribution in [-0.4, -0.2) is 98.8 Å². The Bertz CT molecular complexity index is 1710. The Hall–Kier alpha value is -4.70. The van der Waals surface area contributed by atoms with Crippen molar-refractivity contribution in [3.63, 3.8) is 0 Å². The van der Waals surface area contributed by atoms with Crippen LogP contribution in [0.3, 0.4) is 0 Å². The van der Waals surface area contributed by atoms with E-state index >= 15 is 0 Å². The zero-order valence-electron chi connectivity index (χ0n) is 32.9. The number of carbonyl (C=O) groups is 4. The van der Waals surface area contributed by atoms with Gasteiger partial charge in [-0.25, -0.2) is 0 Å². The summed E-state index contributed by atoms with van der Waals surface area (Å²) in [6, 6.07) is 29.0. The maximum absolute atomic E-state index is 12.8. The summed E-state index contributed by atoms with van der Waals surface area (Å²) in [5, 5.41) is 0. The number of methoxy groups -OCH3 is 1. The fourth-order valence-electron chi connectivity index (χ4n) is 7.09. The third kappa shape index (κ3) is 12.9. The van der Waals surface area contributed by atoms with Crippen LogP contribution < -0.4 is 0 Å². The van der Waals surface area contributed by atoms with Crippen molar-refractivity contribution in [3.05, 3.63) is 108 Å². The van der Waals surface area contributed by atoms with E-state index in [1.165, 1.54) is 34.8 Å². The minimum Gasteiger partial charge on any atom is -0.457 e. The van der Waals surface area contributed by atoms with E-state index in [0.29, 0.717) is 6.61 Å². The lowest BCUT2D eigenvalue weighted by Crippen LogP contribution is -2.63. The highest BCUT2D eigenvalue weighted by Crippen LogP contribution is 2.36. The molecule has 0 aromatic heterocycles. The molecule has 0 N–H and O–H groups in total. The zero-order valence-corrected chi connectivity index (χ0v) is 32.9. The molecule has 3 aromatic rings. The molecule has 14 heteroatoms. The van der Waals surface area contributed by atoms with Crippen LogP contribution in [-0.2, 0) is 86.4 Å². The minimum atomic E-state index is -1.27. The zero-order chi connectivity index (χ0) is 40.7. The molecule has 0 saturated carbocycles. The van der Waals surface area contributed by atoms with Gasteiger partial charge in [-0.1, -0.05) is 91.0 Å². The second kappa shape index (κ2) is 21.7. The average molecular weight is 793 g/mol. The average Bonchev–Trinajstić information content (AvgIpc) is 3.18. The van der Waals surface area contributed by atoms with Crippen molar-refractivity contribution in [3.8, 4) is 0 Å². The third-order valence-electron chi connectivity index (χ3n) is 9.46. The largest absolute Gasteiger partial charge is 0.457 e. The van der Waals surface area contributed by atoms with Crippen molar-refractivity contribution >= 4 is 23.9 Å². The summed E-state index contributed by atoms with van der Waals surface area (Å²) in [6.07, 6.45) is -9.72. The van der Waals surface area contributed by atoms with Gasteiger partial charge in [-0.2, -0.15) is 0 Å². The van der Waals surface area contributed by atoms with E-state index in [0.717, 1.165) is 16.7 Å². The molecule has 2 saturated heterocycles. The molecule has 5 rings (SSSR count). The summed E-state index contributed by atoms with van der Waals surface area (Å²) in [5.41, 5.74) is 2.78. The van der Waals surface area contributed by atoms with Crippen molar-refractivity contribution in [2.75, 3.05) is 13.7 Å². The molecule has 0 bridgehead atoms. The minimum absolute atomic E-state index is 0.100. The Morgan fingerprint density at radius 1 is 0.474 bits per heavy atom. The van der Waals surface area contributed by atoms with Crippen molar-refractivity contribution in [2.24, 2.45) is 0 Å². The van der Waals surface area contributed by atoms with Crippen LogP contribution in [0.4, 0.5) is 0 Å². The van der Waals surface area contributed by atoms with Gasteiger partial charge in [0.1, 0.15) is 24.4 Å². The molecule has 0 amide bonds. The molecule has 3 aromatic carbocycles. The topological polar surface area (TPSA) is 161 Å². The van der Waals surface area contributed by atoms with Gasteiger partial charge >= 0.3 is 23.9 Å². The molecule has 0 aliphatic carbocycles. The van der Waals surface area contributed by atoms with Gasteiger partial charge in [-0.3, -0.25) is 19.2 Å². The predicted octanol–water partition coefficient (Wildman–Crippen LogP) is 5.02. The van der Waals surface area contributed by atoms with Gasteiger partial charge in [0.25, 0.3) is 0 Å². The van der Waals surface area contributed by atoms with Crippen LogP contribution in [0.25, 0.3) is 0 Å². The molecule has 2 fully saturated rings. The van der Waals surface area contributed by atoms with Crippen molar-refractivity contribution < 1.29 is 66.5 Å². The maximum Gasteiger partial charge on any atom is 0.303 e. The molecule has 2 aliphatic rings. The van der Waals surface area contributed by atoms with E-state index < -0.39 is 85.1 Å². The van der Waals surface area contributed by atoms with Gasteiger partial charge in [0.05, 0.1) is 32.5 Å².